The fourth-order valence-corrected chi connectivity index (χ4v) is 1.83. The smallest absolute Gasteiger partial charge is 0.174 e. The van der Waals surface area contributed by atoms with Crippen molar-refractivity contribution >= 4 is 0 Å². The minimum atomic E-state index is -0.712. The van der Waals surface area contributed by atoms with Gasteiger partial charge in [0.15, 0.2) is 6.29 Å². The lowest BCUT2D eigenvalue weighted by atomic mass is 10.0. The van der Waals surface area contributed by atoms with Gasteiger partial charge in [0.1, 0.15) is 0 Å². The highest BCUT2D eigenvalue weighted by molar-refractivity contribution is 5.19. The van der Waals surface area contributed by atoms with E-state index in [2.05, 4.69) is 4.90 Å². The molecule has 1 aliphatic rings. The maximum absolute atomic E-state index is 9.73. The van der Waals surface area contributed by atoms with E-state index in [-0.39, 0.29) is 6.04 Å². The molecule has 1 fully saturated rings. The minimum Gasteiger partial charge on any atom is -0.366 e. The van der Waals surface area contributed by atoms with Crippen molar-refractivity contribution in [3.63, 3.8) is 0 Å². The van der Waals surface area contributed by atoms with E-state index in [1.54, 1.807) is 0 Å². The molecule has 0 aliphatic carbocycles. The molecule has 2 rings (SSSR count). The number of nitrogens with zero attached hydrogens (tertiary/aromatic N) is 1. The van der Waals surface area contributed by atoms with Gasteiger partial charge in [-0.25, -0.2) is 0 Å². The van der Waals surface area contributed by atoms with Gasteiger partial charge in [-0.1, -0.05) is 30.3 Å². The van der Waals surface area contributed by atoms with Crippen LogP contribution in [-0.4, -0.2) is 36.5 Å². The molecule has 0 radical (unpaired) electrons. The van der Waals surface area contributed by atoms with Gasteiger partial charge >= 0.3 is 0 Å². The Bertz CT molecular complexity index is 279. The van der Waals surface area contributed by atoms with Crippen LogP contribution in [0.4, 0.5) is 0 Å². The van der Waals surface area contributed by atoms with Gasteiger partial charge in [0.25, 0.3) is 0 Å². The van der Waals surface area contributed by atoms with Crippen molar-refractivity contribution in [3.8, 4) is 0 Å². The van der Waals surface area contributed by atoms with Gasteiger partial charge < -0.3 is 9.84 Å². The summed E-state index contributed by atoms with van der Waals surface area (Å²) >= 11 is 0. The summed E-state index contributed by atoms with van der Waals surface area (Å²) in [6.07, 6.45) is -0.712. The molecular formula is C11H15NO2. The number of rotatable bonds is 1. The zero-order chi connectivity index (χ0) is 9.97. The molecule has 2 unspecified atom stereocenters. The van der Waals surface area contributed by atoms with Gasteiger partial charge in [0, 0.05) is 6.54 Å². The number of aliphatic hydroxyl groups is 1. The highest BCUT2D eigenvalue weighted by Gasteiger charge is 2.29. The van der Waals surface area contributed by atoms with Gasteiger partial charge in [-0.05, 0) is 12.6 Å². The van der Waals surface area contributed by atoms with Crippen LogP contribution in [-0.2, 0) is 4.74 Å². The SMILES string of the molecule is CN1CCOC(O)C1c1ccccc1. The summed E-state index contributed by atoms with van der Waals surface area (Å²) in [5, 5.41) is 9.73. The molecule has 1 N–H and O–H groups in total. The van der Waals surface area contributed by atoms with Gasteiger partial charge in [-0.15, -0.1) is 0 Å². The molecule has 0 amide bonds. The van der Waals surface area contributed by atoms with Crippen molar-refractivity contribution in [1.29, 1.82) is 0 Å². The molecule has 1 heterocycles. The van der Waals surface area contributed by atoms with E-state index in [0.717, 1.165) is 12.1 Å². The van der Waals surface area contributed by atoms with Crippen molar-refractivity contribution in [2.75, 3.05) is 20.2 Å². The van der Waals surface area contributed by atoms with Crippen LogP contribution in [0, 0.1) is 0 Å². The molecule has 2 atom stereocenters. The Morgan fingerprint density at radius 1 is 1.36 bits per heavy atom. The number of benzene rings is 1. The average Bonchev–Trinajstić information content (AvgIpc) is 2.19. The van der Waals surface area contributed by atoms with E-state index < -0.39 is 6.29 Å². The van der Waals surface area contributed by atoms with Crippen LogP contribution in [0.1, 0.15) is 11.6 Å². The van der Waals surface area contributed by atoms with Crippen LogP contribution in [0.5, 0.6) is 0 Å². The number of likely N-dealkylation sites (N-methyl/N-ethyl adjacent to an activating group) is 1. The quantitative estimate of drug-likeness (QED) is 0.722. The van der Waals surface area contributed by atoms with E-state index in [0.29, 0.717) is 6.61 Å². The summed E-state index contributed by atoms with van der Waals surface area (Å²) in [5.74, 6) is 0. The Kier molecular flexibility index (Phi) is 2.82. The Morgan fingerprint density at radius 3 is 2.71 bits per heavy atom. The van der Waals surface area contributed by atoms with Crippen LogP contribution in [0.25, 0.3) is 0 Å². The fraction of sp³-hybridized carbons (Fsp3) is 0.455. The van der Waals surface area contributed by atoms with E-state index >= 15 is 0 Å². The minimum absolute atomic E-state index is 0.0371. The summed E-state index contributed by atoms with van der Waals surface area (Å²) in [6, 6.07) is 9.91. The van der Waals surface area contributed by atoms with Crippen molar-refractivity contribution in [1.82, 2.24) is 4.90 Å². The molecule has 1 aromatic rings. The van der Waals surface area contributed by atoms with Crippen molar-refractivity contribution in [2.24, 2.45) is 0 Å². The number of morpholine rings is 1. The predicted molar refractivity (Wildman–Crippen MR) is 53.8 cm³/mol. The zero-order valence-electron chi connectivity index (χ0n) is 8.26. The summed E-state index contributed by atoms with van der Waals surface area (Å²) in [4.78, 5) is 2.11. The first-order chi connectivity index (χ1) is 6.79. The lowest BCUT2D eigenvalue weighted by Gasteiger charge is -2.36. The highest BCUT2D eigenvalue weighted by Crippen LogP contribution is 2.26. The molecule has 1 aromatic carbocycles. The monoisotopic (exact) mass is 193 g/mol. The maximum Gasteiger partial charge on any atom is 0.174 e. The zero-order valence-corrected chi connectivity index (χ0v) is 8.26. The van der Waals surface area contributed by atoms with Crippen LogP contribution in [0.2, 0.25) is 0 Å². The molecule has 0 saturated carbocycles. The van der Waals surface area contributed by atoms with E-state index in [4.69, 9.17) is 4.74 Å². The van der Waals surface area contributed by atoms with Crippen LogP contribution in [0.3, 0.4) is 0 Å². The lowest BCUT2D eigenvalue weighted by Crippen LogP contribution is -2.42. The van der Waals surface area contributed by atoms with Gasteiger partial charge in [0.2, 0.25) is 0 Å². The second-order valence-electron chi connectivity index (χ2n) is 3.60. The number of hydrogen-bond acceptors (Lipinski definition) is 3. The first kappa shape index (κ1) is 9.65. The molecule has 1 saturated heterocycles. The second-order valence-corrected chi connectivity index (χ2v) is 3.60. The van der Waals surface area contributed by atoms with E-state index in [1.807, 2.05) is 37.4 Å². The second kappa shape index (κ2) is 4.09. The topological polar surface area (TPSA) is 32.7 Å². The van der Waals surface area contributed by atoms with Gasteiger partial charge in [0.05, 0.1) is 12.6 Å². The molecule has 0 spiro atoms. The van der Waals surface area contributed by atoms with Crippen molar-refractivity contribution in [3.05, 3.63) is 35.9 Å². The van der Waals surface area contributed by atoms with Crippen LogP contribution < -0.4 is 0 Å². The number of aliphatic hydroxyl groups excluding tert-OH is 1. The number of hydrogen-bond donors (Lipinski definition) is 1. The molecule has 0 aromatic heterocycles. The van der Waals surface area contributed by atoms with Gasteiger partial charge in [-0.3, -0.25) is 4.90 Å². The standard InChI is InChI=1S/C11H15NO2/c1-12-7-8-14-11(13)10(12)9-5-3-2-4-6-9/h2-6,10-11,13H,7-8H2,1H3. The molecule has 0 bridgehead atoms. The van der Waals surface area contributed by atoms with Crippen LogP contribution >= 0.6 is 0 Å². The summed E-state index contributed by atoms with van der Waals surface area (Å²) in [6.45, 7) is 1.46. The van der Waals surface area contributed by atoms with E-state index in [9.17, 15) is 5.11 Å². The fourth-order valence-electron chi connectivity index (χ4n) is 1.83. The van der Waals surface area contributed by atoms with Crippen molar-refractivity contribution < 1.29 is 9.84 Å². The Morgan fingerprint density at radius 2 is 2.07 bits per heavy atom. The molecule has 76 valence electrons. The van der Waals surface area contributed by atoms with Crippen molar-refractivity contribution in [2.45, 2.75) is 12.3 Å². The number of ether oxygens (including phenoxy) is 1. The first-order valence-electron chi connectivity index (χ1n) is 4.84. The Labute approximate surface area is 83.9 Å². The van der Waals surface area contributed by atoms with E-state index in [1.165, 1.54) is 0 Å². The summed E-state index contributed by atoms with van der Waals surface area (Å²) < 4.78 is 5.23. The highest BCUT2D eigenvalue weighted by atomic mass is 16.6. The molecule has 14 heavy (non-hydrogen) atoms. The largest absolute Gasteiger partial charge is 0.366 e. The normalized spacial score (nSPS) is 29.0. The third-order valence-electron chi connectivity index (χ3n) is 2.62. The van der Waals surface area contributed by atoms with Crippen LogP contribution in [0.15, 0.2) is 30.3 Å². The molecule has 1 aliphatic heterocycles. The molecular weight excluding hydrogens is 178 g/mol. The Hall–Kier alpha value is -0.900. The average molecular weight is 193 g/mol. The van der Waals surface area contributed by atoms with Gasteiger partial charge in [-0.2, -0.15) is 0 Å². The predicted octanol–water partition coefficient (Wildman–Crippen LogP) is 1.01. The molecule has 3 nitrogen and oxygen atoms in total. The molecule has 3 heteroatoms. The first-order valence-corrected chi connectivity index (χ1v) is 4.84. The maximum atomic E-state index is 9.73. The summed E-state index contributed by atoms with van der Waals surface area (Å²) in [7, 11) is 2.00. The Balaban J connectivity index is 2.23. The summed E-state index contributed by atoms with van der Waals surface area (Å²) in [5.41, 5.74) is 1.10. The third-order valence-corrected chi connectivity index (χ3v) is 2.62. The third kappa shape index (κ3) is 1.80. The lowest BCUT2D eigenvalue weighted by molar-refractivity contribution is -0.176.